The molecule has 0 atom stereocenters. The molecular weight excluding hydrogens is 408 g/mol. The van der Waals surface area contributed by atoms with E-state index in [1.165, 1.54) is 11.3 Å². The zero-order valence-corrected chi connectivity index (χ0v) is 17.2. The van der Waals surface area contributed by atoms with Crippen LogP contribution < -0.4 is 10.0 Å². The molecule has 1 amide bonds. The molecule has 1 aromatic heterocycles. The molecule has 2 N–H and O–H groups in total. The third kappa shape index (κ3) is 4.46. The van der Waals surface area contributed by atoms with Crippen molar-refractivity contribution in [2.24, 2.45) is 4.99 Å². The third-order valence-electron chi connectivity index (χ3n) is 4.53. The van der Waals surface area contributed by atoms with Gasteiger partial charge in [0, 0.05) is 18.5 Å². The Hall–Kier alpha value is -2.78. The predicted octanol–water partition coefficient (Wildman–Crippen LogP) is 3.53. The van der Waals surface area contributed by atoms with Crippen molar-refractivity contribution in [1.82, 2.24) is 9.71 Å². The summed E-state index contributed by atoms with van der Waals surface area (Å²) in [6.07, 6.45) is 2.77. The number of unbranched alkanes of at least 4 members (excludes halogenated alkanes) is 2. The van der Waals surface area contributed by atoms with Crippen molar-refractivity contribution < 1.29 is 13.2 Å². The molecule has 0 aliphatic carbocycles. The van der Waals surface area contributed by atoms with E-state index < -0.39 is 10.0 Å². The Morgan fingerprint density at radius 2 is 1.86 bits per heavy atom. The molecule has 0 bridgehead atoms. The lowest BCUT2D eigenvalue weighted by molar-refractivity contribution is -0.116. The number of hydrogen-bond acceptors (Lipinski definition) is 6. The largest absolute Gasteiger partial charge is 0.302 e. The number of anilines is 1. The molecule has 9 heteroatoms. The lowest BCUT2D eigenvalue weighted by Crippen LogP contribution is -2.22. The highest BCUT2D eigenvalue weighted by Crippen LogP contribution is 2.25. The van der Waals surface area contributed by atoms with Gasteiger partial charge in [-0.15, -0.1) is 0 Å². The topological polar surface area (TPSA) is 101 Å². The Bertz CT molecular complexity index is 1150. The number of benzene rings is 2. The number of amides is 1. The molecule has 150 valence electrons. The molecule has 3 aromatic rings. The summed E-state index contributed by atoms with van der Waals surface area (Å²) in [5.41, 5.74) is 1.50. The van der Waals surface area contributed by atoms with Gasteiger partial charge >= 0.3 is 0 Å². The average Bonchev–Trinajstić information content (AvgIpc) is 3.22. The Labute approximate surface area is 172 Å². The van der Waals surface area contributed by atoms with E-state index in [9.17, 15) is 13.2 Å². The molecule has 1 aliphatic rings. The number of para-hydroxylation sites is 1. The number of amidine groups is 1. The fourth-order valence-electron chi connectivity index (χ4n) is 3.12. The standard InChI is InChI=1S/C20H20N4O3S2/c25-18(23-20-22-15-9-4-5-10-16(15)28-20)12-2-1-7-13-21-19-14-8-3-6-11-17(14)29(26,27)24-19/h3-6,8-11H,1-2,7,12-13H2,(H,21,24)(H,22,23,25). The van der Waals surface area contributed by atoms with Crippen LogP contribution in [0.1, 0.15) is 31.2 Å². The number of carbonyl (C=O) groups excluding carboxylic acids is 1. The molecular formula is C20H20N4O3S2. The Balaban J connectivity index is 1.21. The van der Waals surface area contributed by atoms with Gasteiger partial charge in [0.15, 0.2) is 5.13 Å². The number of fused-ring (bicyclic) bond motifs is 2. The maximum absolute atomic E-state index is 12.1. The van der Waals surface area contributed by atoms with E-state index in [-0.39, 0.29) is 10.8 Å². The van der Waals surface area contributed by atoms with Crippen molar-refractivity contribution in [3.8, 4) is 0 Å². The summed E-state index contributed by atoms with van der Waals surface area (Å²) in [7, 11) is -3.49. The molecule has 0 spiro atoms. The molecule has 0 fully saturated rings. The number of aliphatic imine (C=N–C) groups is 1. The van der Waals surface area contributed by atoms with Gasteiger partial charge in [0.1, 0.15) is 5.84 Å². The van der Waals surface area contributed by atoms with Gasteiger partial charge in [-0.1, -0.05) is 42.0 Å². The Kier molecular flexibility index (Phi) is 5.59. The van der Waals surface area contributed by atoms with Crippen molar-refractivity contribution in [3.63, 3.8) is 0 Å². The van der Waals surface area contributed by atoms with Gasteiger partial charge in [-0.25, -0.2) is 13.4 Å². The first-order valence-corrected chi connectivity index (χ1v) is 11.6. The second kappa shape index (κ2) is 8.30. The number of hydrogen-bond donors (Lipinski definition) is 2. The normalized spacial score (nSPS) is 15.9. The zero-order valence-electron chi connectivity index (χ0n) is 15.6. The van der Waals surface area contributed by atoms with Crippen LogP contribution in [0, 0.1) is 0 Å². The van der Waals surface area contributed by atoms with Crippen LogP contribution in [0.5, 0.6) is 0 Å². The molecule has 7 nitrogen and oxygen atoms in total. The van der Waals surface area contributed by atoms with E-state index in [0.717, 1.165) is 29.5 Å². The van der Waals surface area contributed by atoms with Crippen molar-refractivity contribution in [2.75, 3.05) is 11.9 Å². The molecule has 2 heterocycles. The van der Waals surface area contributed by atoms with Crippen LogP contribution >= 0.6 is 11.3 Å². The smallest absolute Gasteiger partial charge is 0.263 e. The first-order valence-electron chi connectivity index (χ1n) is 9.35. The Morgan fingerprint density at radius 3 is 2.72 bits per heavy atom. The van der Waals surface area contributed by atoms with E-state index in [0.29, 0.717) is 29.5 Å². The van der Waals surface area contributed by atoms with Gasteiger partial charge in [-0.3, -0.25) is 14.5 Å². The van der Waals surface area contributed by atoms with Crippen molar-refractivity contribution >= 4 is 48.5 Å². The highest BCUT2D eigenvalue weighted by molar-refractivity contribution is 7.90. The van der Waals surface area contributed by atoms with Gasteiger partial charge in [0.05, 0.1) is 15.1 Å². The summed E-state index contributed by atoms with van der Waals surface area (Å²) < 4.78 is 27.6. The number of thiazole rings is 1. The fourth-order valence-corrected chi connectivity index (χ4v) is 5.26. The van der Waals surface area contributed by atoms with Gasteiger partial charge in [0.25, 0.3) is 10.0 Å². The summed E-state index contributed by atoms with van der Waals surface area (Å²) in [5.74, 6) is 0.349. The quantitative estimate of drug-likeness (QED) is 0.562. The van der Waals surface area contributed by atoms with Crippen LogP contribution in [-0.2, 0) is 14.8 Å². The molecule has 29 heavy (non-hydrogen) atoms. The van der Waals surface area contributed by atoms with Crippen LogP contribution in [0.15, 0.2) is 58.4 Å². The summed E-state index contributed by atoms with van der Waals surface area (Å²) in [5, 5.41) is 3.47. The molecule has 2 aromatic carbocycles. The minimum atomic E-state index is -3.49. The van der Waals surface area contributed by atoms with E-state index in [1.807, 2.05) is 24.3 Å². The number of sulfonamides is 1. The van der Waals surface area contributed by atoms with Crippen molar-refractivity contribution in [1.29, 1.82) is 0 Å². The summed E-state index contributed by atoms with van der Waals surface area (Å²) in [6, 6.07) is 14.6. The summed E-state index contributed by atoms with van der Waals surface area (Å²) >= 11 is 1.46. The molecule has 4 rings (SSSR count). The van der Waals surface area contributed by atoms with Gasteiger partial charge in [-0.2, -0.15) is 0 Å². The molecule has 0 radical (unpaired) electrons. The highest BCUT2D eigenvalue weighted by Gasteiger charge is 2.29. The van der Waals surface area contributed by atoms with Crippen LogP contribution in [0.4, 0.5) is 5.13 Å². The van der Waals surface area contributed by atoms with Crippen LogP contribution in [0.2, 0.25) is 0 Å². The first-order chi connectivity index (χ1) is 14.0. The lowest BCUT2D eigenvalue weighted by Gasteiger charge is -2.02. The first kappa shape index (κ1) is 19.5. The fraction of sp³-hybridized carbons (Fsp3) is 0.250. The second-order valence-electron chi connectivity index (χ2n) is 6.68. The van der Waals surface area contributed by atoms with E-state index >= 15 is 0 Å². The maximum atomic E-state index is 12.1. The second-order valence-corrected chi connectivity index (χ2v) is 9.36. The van der Waals surface area contributed by atoms with Crippen molar-refractivity contribution in [3.05, 3.63) is 54.1 Å². The monoisotopic (exact) mass is 428 g/mol. The average molecular weight is 429 g/mol. The zero-order chi connectivity index (χ0) is 20.3. The third-order valence-corrected chi connectivity index (χ3v) is 6.88. The van der Waals surface area contributed by atoms with E-state index in [2.05, 4.69) is 20.0 Å². The van der Waals surface area contributed by atoms with Gasteiger partial charge in [-0.05, 0) is 37.1 Å². The van der Waals surface area contributed by atoms with Crippen LogP contribution in [-0.4, -0.2) is 31.7 Å². The number of rotatable bonds is 7. The summed E-state index contributed by atoms with van der Waals surface area (Å²) in [6.45, 7) is 0.506. The van der Waals surface area contributed by atoms with Gasteiger partial charge < -0.3 is 5.32 Å². The van der Waals surface area contributed by atoms with E-state index in [4.69, 9.17) is 0 Å². The molecule has 1 aliphatic heterocycles. The number of aromatic nitrogens is 1. The SMILES string of the molecule is O=C(CCCCCN=C1NS(=O)(=O)c2ccccc21)Nc1nc2ccccc2s1. The Morgan fingerprint density at radius 1 is 1.07 bits per heavy atom. The summed E-state index contributed by atoms with van der Waals surface area (Å²) in [4.78, 5) is 21.1. The minimum Gasteiger partial charge on any atom is -0.302 e. The van der Waals surface area contributed by atoms with Gasteiger partial charge in [0.2, 0.25) is 5.91 Å². The van der Waals surface area contributed by atoms with Crippen LogP contribution in [0.25, 0.3) is 10.2 Å². The number of nitrogens with one attached hydrogen (secondary N) is 2. The number of nitrogens with zero attached hydrogens (tertiary/aromatic N) is 2. The predicted molar refractivity (Wildman–Crippen MR) is 115 cm³/mol. The molecule has 0 saturated heterocycles. The molecule has 0 unspecified atom stereocenters. The number of carbonyl (C=O) groups is 1. The highest BCUT2D eigenvalue weighted by atomic mass is 32.2. The molecule has 0 saturated carbocycles. The maximum Gasteiger partial charge on any atom is 0.263 e. The van der Waals surface area contributed by atoms with Crippen molar-refractivity contribution in [2.45, 2.75) is 30.6 Å². The lowest BCUT2D eigenvalue weighted by atomic mass is 10.2. The van der Waals surface area contributed by atoms with E-state index in [1.54, 1.807) is 24.3 Å². The van der Waals surface area contributed by atoms with Crippen LogP contribution in [0.3, 0.4) is 0 Å². The minimum absolute atomic E-state index is 0.0483.